The Bertz CT molecular complexity index is 2530. The van der Waals surface area contributed by atoms with Crippen molar-refractivity contribution in [2.45, 2.75) is 112 Å². The molecule has 0 saturated heterocycles. The fraction of sp³-hybridized carbons (Fsp3) is 0.571. The number of hydrogen-bond acceptors (Lipinski definition) is 20. The van der Waals surface area contributed by atoms with E-state index in [0.29, 0.717) is 11.3 Å². The van der Waals surface area contributed by atoms with Gasteiger partial charge in [-0.15, -0.1) is 0 Å². The Hall–Kier alpha value is -8.16. The second kappa shape index (κ2) is 41.8. The third kappa shape index (κ3) is 31.7. The molecule has 0 unspecified atom stereocenters. The molecule has 26 N–H and O–H groups in total. The van der Waals surface area contributed by atoms with Crippen molar-refractivity contribution in [1.29, 1.82) is 0 Å². The number of thiol groups is 1. The summed E-state index contributed by atoms with van der Waals surface area (Å²) in [6.07, 6.45) is 1.85. The zero-order valence-electron chi connectivity index (χ0n) is 47.5. The molecule has 0 aromatic heterocycles. The highest BCUT2D eigenvalue weighted by Gasteiger charge is 2.34. The molecule has 1 rings (SSSR count). The summed E-state index contributed by atoms with van der Waals surface area (Å²) >= 11 is 6.81. The molecule has 9 atom stereocenters. The van der Waals surface area contributed by atoms with Crippen molar-refractivity contribution in [1.82, 2.24) is 53.2 Å². The summed E-state index contributed by atoms with van der Waals surface area (Å²) in [4.78, 5) is 177. The molecule has 1 aromatic carbocycles. The number of carboxylic acids is 1. The number of benzene rings is 1. The lowest BCUT2D eigenvalue weighted by atomic mass is 10.0. The van der Waals surface area contributed by atoms with E-state index in [1.54, 1.807) is 42.8 Å². The quantitative estimate of drug-likeness (QED) is 0.0125. The summed E-state index contributed by atoms with van der Waals surface area (Å²) < 4.78 is 0. The minimum Gasteiger partial charge on any atom is -0.480 e. The first-order valence-electron chi connectivity index (χ1n) is 26.5. The van der Waals surface area contributed by atoms with E-state index in [1.807, 2.05) is 0 Å². The third-order valence-corrected chi connectivity index (χ3v) is 13.5. The van der Waals surface area contributed by atoms with Crippen LogP contribution in [0.25, 0.3) is 0 Å². The number of carbonyl (C=O) groups is 13. The van der Waals surface area contributed by atoms with E-state index < -0.39 is 164 Å². The van der Waals surface area contributed by atoms with E-state index in [2.05, 4.69) is 75.8 Å². The number of aliphatic imine (C=N–C) groups is 2. The smallest absolute Gasteiger partial charge is 0.326 e. The van der Waals surface area contributed by atoms with Crippen LogP contribution in [0.5, 0.6) is 0 Å². The van der Waals surface area contributed by atoms with Crippen molar-refractivity contribution in [2.24, 2.45) is 50.1 Å². The number of carbonyl (C=O) groups excluding carboxylic acids is 12. The molecule has 0 radical (unpaired) electrons. The molecule has 0 saturated carbocycles. The van der Waals surface area contributed by atoms with E-state index in [1.165, 1.54) is 23.5 Å². The molecule has 480 valence electrons. The number of guanidine groups is 2. The molecule has 37 heteroatoms. The second-order valence-corrected chi connectivity index (χ2v) is 21.2. The van der Waals surface area contributed by atoms with Crippen LogP contribution in [0.1, 0.15) is 56.9 Å². The summed E-state index contributed by atoms with van der Waals surface area (Å²) in [6, 6.07) is -4.94. The minimum absolute atomic E-state index is 0.0102. The molecule has 1 aromatic rings. The lowest BCUT2D eigenvalue weighted by Crippen LogP contribution is -2.60. The van der Waals surface area contributed by atoms with Crippen LogP contribution in [-0.4, -0.2) is 216 Å². The van der Waals surface area contributed by atoms with Gasteiger partial charge in [0.15, 0.2) is 11.9 Å². The number of aliphatic hydroxyl groups excluding tert-OH is 1. The van der Waals surface area contributed by atoms with Crippen LogP contribution < -0.4 is 93.3 Å². The fourth-order valence-corrected chi connectivity index (χ4v) is 8.60. The maximum Gasteiger partial charge on any atom is 0.326 e. The Morgan fingerprint density at radius 3 is 1.42 bits per heavy atom. The van der Waals surface area contributed by atoms with Gasteiger partial charge in [0.2, 0.25) is 70.9 Å². The topological polar surface area (TPSA) is 590 Å². The lowest BCUT2D eigenvalue weighted by molar-refractivity contribution is -0.142. The molecule has 86 heavy (non-hydrogen) atoms. The third-order valence-electron chi connectivity index (χ3n) is 11.9. The van der Waals surface area contributed by atoms with Crippen LogP contribution in [0.3, 0.4) is 0 Å². The maximum absolute atomic E-state index is 13.8. The number of amides is 12. The molecule has 0 aliphatic carbocycles. The standard InChI is InChI=1S/C49H81N19O15S3/c1-85-16-12-28(63-46(81)34(24-84)68-43(78)31(18-25-8-4-3-5-9-25)65-45(80)33(23-69)67-39(74)26(50)19-35(51)70)40(75)60-21-37(72)59-22-38(73)61-29(13-17-86-2)42(77)66-32(20-36(52)71)44(79)62-27(10-6-14-57-48(53)54)41(76)64-30(47(82)83)11-7-15-58-49(55)56/h3-5,8-9,26-34,69,84H,6-7,10-24,50H2,1-2H3,(H2,51,70)(H2,52,71)(H,59,72)(H,60,75)(H,61,73)(H,62,79)(H,63,81)(H,64,76)(H,65,80)(H,66,77)(H,67,74)(H,68,78)(H,82,83)(H4,53,54,57)(H4,55,56,58)/t26-,27-,28-,29-,30-,31-,32-,33-,34-/m0/s1. The lowest BCUT2D eigenvalue weighted by Gasteiger charge is -2.26. The van der Waals surface area contributed by atoms with Gasteiger partial charge >= 0.3 is 5.97 Å². The highest BCUT2D eigenvalue weighted by Crippen LogP contribution is 2.10. The average Bonchev–Trinajstić information content (AvgIpc) is 3.02. The first-order valence-corrected chi connectivity index (χ1v) is 29.9. The number of primary amides is 2. The monoisotopic (exact) mass is 1270 g/mol. The van der Waals surface area contributed by atoms with Crippen LogP contribution in [0.15, 0.2) is 40.3 Å². The Labute approximate surface area is 509 Å². The number of nitrogens with zero attached hydrogens (tertiary/aromatic N) is 2. The molecule has 0 bridgehead atoms. The molecular weight excluding hydrogens is 1190 g/mol. The summed E-state index contributed by atoms with van der Waals surface area (Å²) in [5.41, 5.74) is 38.2. The van der Waals surface area contributed by atoms with Gasteiger partial charge in [-0.25, -0.2) is 4.79 Å². The van der Waals surface area contributed by atoms with Crippen molar-refractivity contribution < 1.29 is 72.5 Å². The van der Waals surface area contributed by atoms with E-state index in [0.717, 1.165) is 0 Å². The van der Waals surface area contributed by atoms with Crippen molar-refractivity contribution in [3.8, 4) is 0 Å². The van der Waals surface area contributed by atoms with E-state index in [9.17, 15) is 72.5 Å². The first-order chi connectivity index (χ1) is 40.6. The molecule has 34 nitrogen and oxygen atoms in total. The van der Waals surface area contributed by atoms with Gasteiger partial charge in [0.1, 0.15) is 48.3 Å². The number of nitrogens with two attached hydrogens (primary N) is 7. The van der Waals surface area contributed by atoms with Crippen molar-refractivity contribution in [2.75, 3.05) is 62.6 Å². The van der Waals surface area contributed by atoms with E-state index in [-0.39, 0.29) is 81.5 Å². The van der Waals surface area contributed by atoms with Gasteiger partial charge in [-0.3, -0.25) is 67.5 Å². The highest BCUT2D eigenvalue weighted by molar-refractivity contribution is 7.98. The van der Waals surface area contributed by atoms with Gasteiger partial charge in [-0.1, -0.05) is 30.3 Å². The minimum atomic E-state index is -1.73. The normalized spacial score (nSPS) is 13.9. The van der Waals surface area contributed by atoms with Crippen LogP contribution in [0.4, 0.5) is 0 Å². The molecule has 0 fully saturated rings. The van der Waals surface area contributed by atoms with Gasteiger partial charge in [0.05, 0.1) is 38.6 Å². The van der Waals surface area contributed by atoms with Crippen LogP contribution in [0, 0.1) is 0 Å². The summed E-state index contributed by atoms with van der Waals surface area (Å²) in [6.45, 7) is -2.37. The number of carboxylic acid groups (broad SMARTS) is 1. The van der Waals surface area contributed by atoms with E-state index in [4.69, 9.17) is 40.1 Å². The average molecular weight is 1270 g/mol. The number of rotatable bonds is 43. The zero-order chi connectivity index (χ0) is 64.9. The summed E-state index contributed by atoms with van der Waals surface area (Å²) in [7, 11) is 0. The van der Waals surface area contributed by atoms with Gasteiger partial charge in [-0.05, 0) is 68.1 Å². The molecule has 0 aliphatic heterocycles. The Morgan fingerprint density at radius 1 is 0.500 bits per heavy atom. The number of thioether (sulfide) groups is 2. The Balaban J connectivity index is 3.14. The molecule has 0 aliphatic rings. The zero-order valence-corrected chi connectivity index (χ0v) is 50.0. The van der Waals surface area contributed by atoms with Gasteiger partial charge < -0.3 is 104 Å². The number of aliphatic carboxylic acids is 1. The van der Waals surface area contributed by atoms with Crippen LogP contribution in [-0.2, 0) is 68.7 Å². The molecule has 12 amide bonds. The number of nitrogens with one attached hydrogen (secondary N) is 10. The fourth-order valence-electron chi connectivity index (χ4n) is 7.40. The van der Waals surface area contributed by atoms with Crippen LogP contribution in [0.2, 0.25) is 0 Å². The first kappa shape index (κ1) is 75.9. The molecule has 0 heterocycles. The van der Waals surface area contributed by atoms with E-state index >= 15 is 0 Å². The summed E-state index contributed by atoms with van der Waals surface area (Å²) in [5.74, 6) is -13.1. The molecule has 0 spiro atoms. The molecular formula is C49H81N19O15S3. The predicted molar refractivity (Wildman–Crippen MR) is 322 cm³/mol. The predicted octanol–water partition coefficient (Wildman–Crippen LogP) is -8.96. The van der Waals surface area contributed by atoms with Gasteiger partial charge in [-0.2, -0.15) is 36.2 Å². The van der Waals surface area contributed by atoms with Crippen molar-refractivity contribution in [3.05, 3.63) is 35.9 Å². The Kier molecular flexibility index (Phi) is 36.9. The maximum atomic E-state index is 13.8. The van der Waals surface area contributed by atoms with Gasteiger partial charge in [0, 0.05) is 25.3 Å². The number of aliphatic hydroxyl groups is 1. The summed E-state index contributed by atoms with van der Waals surface area (Å²) in [5, 5.41) is 43.6. The SMILES string of the molecule is CSCC[C@H](NC(=O)CNC(=O)CNC(=O)[C@H](CCSC)NC(=O)[C@H](CS)NC(=O)[C@H](Cc1ccccc1)NC(=O)[C@H](CO)NC(=O)[C@@H](N)CC(N)=O)C(=O)N[C@@H](CC(N)=O)C(=O)N[C@@H](CCCN=C(N)N)C(=O)N[C@@H](CCCN=C(N)N)C(=O)O. The van der Waals surface area contributed by atoms with Crippen LogP contribution >= 0.6 is 36.2 Å². The number of hydrogen-bond donors (Lipinski definition) is 20. The van der Waals surface area contributed by atoms with Crippen molar-refractivity contribution >= 4 is 125 Å². The van der Waals surface area contributed by atoms with Crippen molar-refractivity contribution in [3.63, 3.8) is 0 Å². The second-order valence-electron chi connectivity index (χ2n) is 18.8. The van der Waals surface area contributed by atoms with Gasteiger partial charge in [0.25, 0.3) is 0 Å². The Morgan fingerprint density at radius 2 is 0.919 bits per heavy atom. The largest absolute Gasteiger partial charge is 0.480 e. The highest BCUT2D eigenvalue weighted by atomic mass is 32.2.